The van der Waals surface area contributed by atoms with Gasteiger partial charge in [-0.3, -0.25) is 28.4 Å². The topological polar surface area (TPSA) is 243 Å². The van der Waals surface area contributed by atoms with Crippen LogP contribution in [-0.4, -0.2) is 78.7 Å². The van der Waals surface area contributed by atoms with Crippen molar-refractivity contribution in [1.82, 2.24) is 14.5 Å². The number of nitrogens with one attached hydrogen (secondary N) is 3. The Balaban J connectivity index is 0.000000182. The first kappa shape index (κ1) is 65.8. The van der Waals surface area contributed by atoms with E-state index in [0.717, 1.165) is 34.3 Å². The minimum Gasteiger partial charge on any atom is -0.399 e. The molecule has 452 valence electrons. The number of carbonyl (C=O) groups excluding carboxylic acids is 3. The Labute approximate surface area is 522 Å². The smallest absolute Gasteiger partial charge is 0.399 e. The Kier molecular flexibility index (Phi) is 19.9. The number of nitriles is 2. The van der Waals surface area contributed by atoms with Crippen LogP contribution < -0.4 is 14.9 Å². The molecular weight excluding hydrogens is 1290 g/mol. The molecule has 1 aliphatic heterocycles. The number of rotatable bonds is 15. The molecule has 1 aliphatic rings. The number of halogens is 7. The number of aromatic amines is 1. The second kappa shape index (κ2) is 26.6. The summed E-state index contributed by atoms with van der Waals surface area (Å²) in [6.45, 7) is 11.3. The van der Waals surface area contributed by atoms with E-state index < -0.39 is 90.4 Å². The molecule has 0 atom stereocenters. The molecule has 0 spiro atoms. The first-order chi connectivity index (χ1) is 41.5. The van der Waals surface area contributed by atoms with E-state index in [9.17, 15) is 40.0 Å². The van der Waals surface area contributed by atoms with E-state index in [1.807, 2.05) is 55.3 Å². The van der Waals surface area contributed by atoms with Gasteiger partial charge in [0.15, 0.2) is 23.2 Å². The van der Waals surface area contributed by atoms with Crippen LogP contribution in [-0.2, 0) is 29.4 Å². The van der Waals surface area contributed by atoms with Gasteiger partial charge in [0, 0.05) is 50.5 Å². The summed E-state index contributed by atoms with van der Waals surface area (Å²) in [6.07, 6.45) is 4.61. The molecule has 3 N–H and O–H groups in total. The van der Waals surface area contributed by atoms with Crippen molar-refractivity contribution < 1.29 is 58.1 Å². The van der Waals surface area contributed by atoms with Gasteiger partial charge in [0.25, 0.3) is 5.91 Å². The van der Waals surface area contributed by atoms with E-state index in [0.29, 0.717) is 43.3 Å². The lowest BCUT2D eigenvalue weighted by Crippen LogP contribution is -2.41. The molecule has 88 heavy (non-hydrogen) atoms. The van der Waals surface area contributed by atoms with Crippen LogP contribution in [0.2, 0.25) is 10.0 Å². The minimum absolute atomic E-state index is 0.00484. The van der Waals surface area contributed by atoms with Crippen LogP contribution in [0.15, 0.2) is 138 Å². The largest absolute Gasteiger partial charge is 0.494 e. The average Bonchev–Trinajstić information content (AvgIpc) is 2.02. The monoisotopic (exact) mass is 1340 g/mol. The Morgan fingerprint density at radius 1 is 0.670 bits per heavy atom. The normalized spacial score (nSPS) is 13.4. The van der Waals surface area contributed by atoms with Gasteiger partial charge in [-0.2, -0.15) is 10.5 Å². The molecule has 26 heteroatoms. The van der Waals surface area contributed by atoms with E-state index in [1.165, 1.54) is 24.5 Å². The molecule has 0 aliphatic carbocycles. The van der Waals surface area contributed by atoms with Crippen molar-refractivity contribution in [3.05, 3.63) is 211 Å². The van der Waals surface area contributed by atoms with E-state index in [1.54, 1.807) is 80.7 Å². The SMILES string of the molecule is CC1(C)OB(c2cccc(C#N)c2)OC1(C)C.CCCS(=O)(=O)Nc1c(F)ccc(C(=O)c2c[nH]c3ncc(-c4cccc(C#N)c4)cc23)c1F.CCCS(=O)(=O)Nc1c(F)ccc(C(=O)c2cn(C(=O)c3c(Cl)cccc3Cl)c3ccc(Br)cc23)c1F. The number of nitrogens with zero attached hydrogens (tertiary/aromatic N) is 4. The van der Waals surface area contributed by atoms with Gasteiger partial charge in [-0.15, -0.1) is 0 Å². The van der Waals surface area contributed by atoms with Crippen LogP contribution in [0.25, 0.3) is 33.1 Å². The van der Waals surface area contributed by atoms with Crippen molar-refractivity contribution in [2.24, 2.45) is 0 Å². The number of fused-ring (bicyclic) bond motifs is 2. The van der Waals surface area contributed by atoms with Gasteiger partial charge in [-0.05, 0) is 136 Å². The van der Waals surface area contributed by atoms with Gasteiger partial charge in [0.1, 0.15) is 28.7 Å². The van der Waals surface area contributed by atoms with Gasteiger partial charge in [0.2, 0.25) is 20.0 Å². The number of sulfonamides is 2. The highest BCUT2D eigenvalue weighted by Crippen LogP contribution is 2.38. The fourth-order valence-corrected chi connectivity index (χ4v) is 12.3. The van der Waals surface area contributed by atoms with Crippen LogP contribution in [0.3, 0.4) is 0 Å². The molecule has 0 radical (unpaired) electrons. The predicted octanol–water partition coefficient (Wildman–Crippen LogP) is 13.7. The van der Waals surface area contributed by atoms with Gasteiger partial charge >= 0.3 is 7.12 Å². The average molecular weight is 1340 g/mol. The van der Waals surface area contributed by atoms with Gasteiger partial charge in [-0.1, -0.05) is 83.3 Å². The van der Waals surface area contributed by atoms with Crippen molar-refractivity contribution in [3.8, 4) is 23.3 Å². The molecule has 0 bridgehead atoms. The highest BCUT2D eigenvalue weighted by atomic mass is 79.9. The van der Waals surface area contributed by atoms with E-state index >= 15 is 8.78 Å². The standard InChI is InChI=1S/C25H17BrCl2F2N2O4S.C24H18F2N4O3S.C13H16BNO2/c1-2-10-37(35,36)31-23-19(29)8-7-14(22(23)30)24(33)16-12-32(20-9-6-13(26)11-15(16)20)25(34)21-17(27)4-3-5-18(21)28;1-2-8-34(32,33)30-22-20(25)7-6-17(21(22)26)23(31)19-13-29-24-18(19)10-16(12-28-24)15-5-3-4-14(9-15)11-27;1-12(2)13(3,4)17-14(16-12)11-7-5-6-10(8-11)9-15/h3-9,11-12,31H,2,10H2,1H3;3-7,9-10,12-13,30H,2,8H2,1H3,(H,28,29);5-8H,1-4H3. The summed E-state index contributed by atoms with van der Waals surface area (Å²) in [4.78, 5) is 47.3. The maximum Gasteiger partial charge on any atom is 0.494 e. The third kappa shape index (κ3) is 14.2. The number of carbonyl (C=O) groups is 3. The Hall–Kier alpha value is -8.20. The molecule has 0 amide bonds. The van der Waals surface area contributed by atoms with Crippen LogP contribution in [0.1, 0.15) is 108 Å². The summed E-state index contributed by atoms with van der Waals surface area (Å²) >= 11 is 15.7. The molecule has 0 unspecified atom stereocenters. The van der Waals surface area contributed by atoms with E-state index in [2.05, 4.69) is 38.0 Å². The number of anilines is 2. The molecule has 1 saturated heterocycles. The van der Waals surface area contributed by atoms with Crippen LogP contribution in [0.5, 0.6) is 0 Å². The number of aromatic nitrogens is 3. The number of hydrogen-bond donors (Lipinski definition) is 3. The molecule has 16 nitrogen and oxygen atoms in total. The molecule has 3 aromatic heterocycles. The van der Waals surface area contributed by atoms with E-state index in [-0.39, 0.29) is 67.7 Å². The molecular formula is C62H51BBrCl2F4N7O9S2. The predicted molar refractivity (Wildman–Crippen MR) is 334 cm³/mol. The maximum absolute atomic E-state index is 15.3. The fourth-order valence-electron chi connectivity index (χ4n) is 9.11. The zero-order chi connectivity index (χ0) is 64.2. The lowest BCUT2D eigenvalue weighted by atomic mass is 9.78. The lowest BCUT2D eigenvalue weighted by molar-refractivity contribution is 0.00578. The number of ketones is 2. The molecule has 6 aromatic carbocycles. The van der Waals surface area contributed by atoms with Gasteiger partial charge in [0.05, 0.1) is 78.2 Å². The molecule has 0 saturated carbocycles. The highest BCUT2D eigenvalue weighted by Gasteiger charge is 2.51. The number of pyridine rings is 1. The Morgan fingerprint density at radius 3 is 1.74 bits per heavy atom. The fraction of sp³-hybridized carbons (Fsp3) is 0.194. The Bertz CT molecular complexity index is 4560. The van der Waals surface area contributed by atoms with Crippen molar-refractivity contribution in [2.45, 2.75) is 65.6 Å². The summed E-state index contributed by atoms with van der Waals surface area (Å²) in [5.74, 6) is -7.97. The molecule has 4 heterocycles. The number of H-pyrrole nitrogens is 1. The first-order valence-electron chi connectivity index (χ1n) is 26.7. The van der Waals surface area contributed by atoms with Crippen molar-refractivity contribution >= 4 is 123 Å². The Morgan fingerprint density at radius 2 is 1.19 bits per heavy atom. The zero-order valence-electron chi connectivity index (χ0n) is 47.5. The van der Waals surface area contributed by atoms with Gasteiger partial charge in [-0.25, -0.2) is 39.4 Å². The summed E-state index contributed by atoms with van der Waals surface area (Å²) in [5.41, 5.74) is 0.351. The number of hydrogen-bond acceptors (Lipinski definition) is 12. The summed E-state index contributed by atoms with van der Waals surface area (Å²) < 4.78 is 125. The second-order valence-electron chi connectivity index (χ2n) is 20.9. The second-order valence-corrected chi connectivity index (χ2v) is 26.3. The third-order valence-electron chi connectivity index (χ3n) is 14.2. The summed E-state index contributed by atoms with van der Waals surface area (Å²) in [6, 6.07) is 32.9. The van der Waals surface area contributed by atoms with Crippen LogP contribution in [0, 0.1) is 45.9 Å². The lowest BCUT2D eigenvalue weighted by Gasteiger charge is -2.32. The first-order valence-corrected chi connectivity index (χ1v) is 31.6. The zero-order valence-corrected chi connectivity index (χ0v) is 52.3. The van der Waals surface area contributed by atoms with Crippen molar-refractivity contribution in [1.29, 1.82) is 10.5 Å². The van der Waals surface area contributed by atoms with Crippen LogP contribution in [0.4, 0.5) is 28.9 Å². The molecule has 10 rings (SSSR count). The van der Waals surface area contributed by atoms with Crippen LogP contribution >= 0.6 is 39.1 Å². The van der Waals surface area contributed by atoms with E-state index in [4.69, 9.17) is 43.0 Å². The van der Waals surface area contributed by atoms with Crippen molar-refractivity contribution in [2.75, 3.05) is 20.9 Å². The summed E-state index contributed by atoms with van der Waals surface area (Å²) in [7, 11) is -8.42. The minimum atomic E-state index is -4.04. The van der Waals surface area contributed by atoms with Gasteiger partial charge < -0.3 is 14.3 Å². The molecule has 9 aromatic rings. The highest BCUT2D eigenvalue weighted by molar-refractivity contribution is 9.10. The van der Waals surface area contributed by atoms with Crippen molar-refractivity contribution in [3.63, 3.8) is 0 Å². The quantitative estimate of drug-likeness (QED) is 0.0493. The molecule has 1 fully saturated rings. The maximum atomic E-state index is 15.3. The third-order valence-corrected chi connectivity index (χ3v) is 18.2. The number of benzene rings is 6. The summed E-state index contributed by atoms with van der Waals surface area (Å²) in [5, 5.41) is 18.9.